The summed E-state index contributed by atoms with van der Waals surface area (Å²) in [6.45, 7) is 0. The molecule has 0 aliphatic heterocycles. The van der Waals surface area contributed by atoms with E-state index in [4.69, 9.17) is 4.42 Å². The van der Waals surface area contributed by atoms with Crippen LogP contribution in [0.5, 0.6) is 0 Å². The van der Waals surface area contributed by atoms with Gasteiger partial charge >= 0.3 is 0 Å². The van der Waals surface area contributed by atoms with E-state index in [0.717, 1.165) is 33.4 Å². The number of benzene rings is 1. The standard InChI is InChI=1S/C15H11Br2NO/c16-12(14-7-8-15(17)19-14)9-11-6-5-10-3-1-2-4-13(10)18-11/h1-8,12H,9H2. The molecule has 0 aliphatic carbocycles. The number of alkyl halides is 1. The molecule has 0 bridgehead atoms. The predicted octanol–water partition coefficient (Wildman–Crippen LogP) is 5.27. The topological polar surface area (TPSA) is 26.0 Å². The van der Waals surface area contributed by atoms with Gasteiger partial charge in [-0.2, -0.15) is 0 Å². The van der Waals surface area contributed by atoms with Crippen molar-refractivity contribution in [3.63, 3.8) is 0 Å². The van der Waals surface area contributed by atoms with Crippen LogP contribution in [0.15, 0.2) is 57.6 Å². The highest BCUT2D eigenvalue weighted by molar-refractivity contribution is 9.10. The van der Waals surface area contributed by atoms with Gasteiger partial charge in [-0.25, -0.2) is 0 Å². The molecule has 0 saturated carbocycles. The van der Waals surface area contributed by atoms with E-state index in [9.17, 15) is 0 Å². The Hall–Kier alpha value is -1.13. The van der Waals surface area contributed by atoms with Crippen molar-refractivity contribution in [2.45, 2.75) is 11.2 Å². The van der Waals surface area contributed by atoms with Crippen LogP contribution < -0.4 is 0 Å². The van der Waals surface area contributed by atoms with Crippen LogP contribution in [0.1, 0.15) is 16.3 Å². The SMILES string of the molecule is Brc1ccc(C(Br)Cc2ccc3ccccc3n2)o1. The van der Waals surface area contributed by atoms with Crippen molar-refractivity contribution in [1.29, 1.82) is 0 Å². The number of hydrogen-bond donors (Lipinski definition) is 0. The molecule has 3 aromatic rings. The summed E-state index contributed by atoms with van der Waals surface area (Å²) in [6, 6.07) is 16.2. The van der Waals surface area contributed by atoms with Crippen LogP contribution in [0, 0.1) is 0 Å². The zero-order valence-corrected chi connectivity index (χ0v) is 13.2. The van der Waals surface area contributed by atoms with Crippen molar-refractivity contribution in [1.82, 2.24) is 4.98 Å². The van der Waals surface area contributed by atoms with Gasteiger partial charge in [-0.3, -0.25) is 4.98 Å². The Bertz CT molecular complexity index is 708. The third-order valence-corrected chi connectivity index (χ3v) is 4.15. The summed E-state index contributed by atoms with van der Waals surface area (Å²) >= 11 is 6.96. The van der Waals surface area contributed by atoms with Crippen molar-refractivity contribution in [3.05, 3.63) is 64.7 Å². The van der Waals surface area contributed by atoms with Gasteiger partial charge in [0.25, 0.3) is 0 Å². The summed E-state index contributed by atoms with van der Waals surface area (Å²) in [7, 11) is 0. The molecular weight excluding hydrogens is 370 g/mol. The maximum Gasteiger partial charge on any atom is 0.169 e. The predicted molar refractivity (Wildman–Crippen MR) is 83.5 cm³/mol. The van der Waals surface area contributed by atoms with E-state index >= 15 is 0 Å². The molecule has 3 rings (SSSR count). The third kappa shape index (κ3) is 2.90. The van der Waals surface area contributed by atoms with E-state index in [1.807, 2.05) is 30.3 Å². The van der Waals surface area contributed by atoms with Crippen LogP contribution in [0.4, 0.5) is 0 Å². The Kier molecular flexibility index (Phi) is 3.71. The molecule has 1 unspecified atom stereocenters. The molecule has 1 atom stereocenters. The Morgan fingerprint density at radius 3 is 2.68 bits per heavy atom. The second kappa shape index (κ2) is 5.47. The van der Waals surface area contributed by atoms with Crippen LogP contribution in [-0.4, -0.2) is 4.98 Å². The zero-order valence-electron chi connectivity index (χ0n) is 10.0. The minimum atomic E-state index is 0.132. The highest BCUT2D eigenvalue weighted by atomic mass is 79.9. The van der Waals surface area contributed by atoms with Crippen molar-refractivity contribution < 1.29 is 4.42 Å². The van der Waals surface area contributed by atoms with Crippen LogP contribution in [0.3, 0.4) is 0 Å². The maximum atomic E-state index is 5.55. The summed E-state index contributed by atoms with van der Waals surface area (Å²) in [5.41, 5.74) is 2.08. The first kappa shape index (κ1) is 12.9. The van der Waals surface area contributed by atoms with Gasteiger partial charge in [-0.05, 0) is 40.2 Å². The molecule has 96 valence electrons. The Labute approximate surface area is 128 Å². The van der Waals surface area contributed by atoms with Gasteiger partial charge in [0.15, 0.2) is 4.67 Å². The number of para-hydroxylation sites is 1. The fourth-order valence-corrected chi connectivity index (χ4v) is 2.90. The number of fused-ring (bicyclic) bond motifs is 1. The fourth-order valence-electron chi connectivity index (χ4n) is 2.00. The molecule has 0 radical (unpaired) electrons. The fraction of sp³-hybridized carbons (Fsp3) is 0.133. The summed E-state index contributed by atoms with van der Waals surface area (Å²) in [5.74, 6) is 0.904. The molecule has 19 heavy (non-hydrogen) atoms. The largest absolute Gasteiger partial charge is 0.453 e. The summed E-state index contributed by atoms with van der Waals surface area (Å²) in [5, 5.41) is 1.16. The number of furan rings is 1. The monoisotopic (exact) mass is 379 g/mol. The number of pyridine rings is 1. The van der Waals surface area contributed by atoms with Crippen molar-refractivity contribution in [2.75, 3.05) is 0 Å². The quantitative estimate of drug-likeness (QED) is 0.578. The van der Waals surface area contributed by atoms with Crippen LogP contribution in [0.2, 0.25) is 0 Å². The maximum absolute atomic E-state index is 5.55. The summed E-state index contributed by atoms with van der Waals surface area (Å²) in [4.78, 5) is 4.80. The van der Waals surface area contributed by atoms with E-state index in [2.05, 4.69) is 55.0 Å². The lowest BCUT2D eigenvalue weighted by molar-refractivity contribution is 0.485. The lowest BCUT2D eigenvalue weighted by Crippen LogP contribution is -1.96. The van der Waals surface area contributed by atoms with Gasteiger partial charge in [-0.1, -0.05) is 40.2 Å². The average molecular weight is 381 g/mol. The third-order valence-electron chi connectivity index (χ3n) is 2.95. The summed E-state index contributed by atoms with van der Waals surface area (Å²) < 4.78 is 6.30. The number of nitrogens with zero attached hydrogens (tertiary/aromatic N) is 1. The van der Waals surface area contributed by atoms with Crippen LogP contribution in [0.25, 0.3) is 10.9 Å². The molecule has 0 aliphatic rings. The molecule has 4 heteroatoms. The van der Waals surface area contributed by atoms with Crippen molar-refractivity contribution >= 4 is 42.8 Å². The molecule has 0 N–H and O–H groups in total. The van der Waals surface area contributed by atoms with Crippen molar-refractivity contribution in [3.8, 4) is 0 Å². The van der Waals surface area contributed by atoms with E-state index in [0.29, 0.717) is 0 Å². The molecule has 2 aromatic heterocycles. The molecule has 0 saturated heterocycles. The van der Waals surface area contributed by atoms with E-state index < -0.39 is 0 Å². The smallest absolute Gasteiger partial charge is 0.169 e. The Morgan fingerprint density at radius 1 is 1.05 bits per heavy atom. The van der Waals surface area contributed by atoms with E-state index in [-0.39, 0.29) is 4.83 Å². The van der Waals surface area contributed by atoms with E-state index in [1.54, 1.807) is 0 Å². The molecular formula is C15H11Br2NO. The van der Waals surface area contributed by atoms with Gasteiger partial charge in [0.05, 0.1) is 10.3 Å². The minimum Gasteiger partial charge on any atom is -0.453 e. The molecule has 0 fully saturated rings. The molecule has 1 aromatic carbocycles. The lowest BCUT2D eigenvalue weighted by atomic mass is 10.1. The summed E-state index contributed by atoms with van der Waals surface area (Å²) in [6.07, 6.45) is 0.796. The van der Waals surface area contributed by atoms with Gasteiger partial charge in [-0.15, -0.1) is 0 Å². The normalized spacial score (nSPS) is 12.7. The first-order valence-electron chi connectivity index (χ1n) is 5.96. The van der Waals surface area contributed by atoms with Gasteiger partial charge in [0, 0.05) is 17.5 Å². The number of hydrogen-bond acceptors (Lipinski definition) is 2. The van der Waals surface area contributed by atoms with Gasteiger partial charge < -0.3 is 4.42 Å². The minimum absolute atomic E-state index is 0.132. The second-order valence-electron chi connectivity index (χ2n) is 4.31. The van der Waals surface area contributed by atoms with Gasteiger partial charge in [0.2, 0.25) is 0 Å². The first-order chi connectivity index (χ1) is 9.22. The Balaban J connectivity index is 1.84. The molecule has 2 heterocycles. The average Bonchev–Trinajstić information content (AvgIpc) is 2.85. The first-order valence-corrected chi connectivity index (χ1v) is 7.67. The second-order valence-corrected chi connectivity index (χ2v) is 6.20. The lowest BCUT2D eigenvalue weighted by Gasteiger charge is -2.07. The zero-order chi connectivity index (χ0) is 13.2. The molecule has 0 spiro atoms. The number of rotatable bonds is 3. The van der Waals surface area contributed by atoms with Crippen LogP contribution in [-0.2, 0) is 6.42 Å². The molecule has 0 amide bonds. The van der Waals surface area contributed by atoms with Crippen molar-refractivity contribution in [2.24, 2.45) is 0 Å². The molecule has 2 nitrogen and oxygen atoms in total. The number of halogens is 2. The highest BCUT2D eigenvalue weighted by Gasteiger charge is 2.13. The van der Waals surface area contributed by atoms with Gasteiger partial charge in [0.1, 0.15) is 5.76 Å². The van der Waals surface area contributed by atoms with Crippen LogP contribution >= 0.6 is 31.9 Å². The number of aromatic nitrogens is 1. The Morgan fingerprint density at radius 2 is 1.89 bits per heavy atom. The highest BCUT2D eigenvalue weighted by Crippen LogP contribution is 2.30. The van der Waals surface area contributed by atoms with E-state index in [1.165, 1.54) is 0 Å².